The van der Waals surface area contributed by atoms with E-state index in [1.165, 1.54) is 0 Å². The molecule has 1 atom stereocenters. The standard InChI is InChI=1S/C24H21Cl2NO3/c1-14-11-19(12-15(2)22(14)26)30-16(3)24(29)27-21-10-9-18(25)13-20(21)23(28)17-7-5-4-6-8-17/h4-13,16H,1-3H3,(H,27,29). The monoisotopic (exact) mass is 441 g/mol. The van der Waals surface area contributed by atoms with Crippen molar-refractivity contribution in [1.82, 2.24) is 0 Å². The lowest BCUT2D eigenvalue weighted by Gasteiger charge is -2.17. The number of ketones is 1. The van der Waals surface area contributed by atoms with Gasteiger partial charge in [-0.1, -0.05) is 53.5 Å². The number of carbonyl (C=O) groups is 2. The summed E-state index contributed by atoms with van der Waals surface area (Å²) < 4.78 is 5.79. The Morgan fingerprint density at radius 2 is 1.57 bits per heavy atom. The summed E-state index contributed by atoms with van der Waals surface area (Å²) in [5.41, 5.74) is 2.93. The number of carbonyl (C=O) groups excluding carboxylic acids is 2. The van der Waals surface area contributed by atoms with E-state index in [9.17, 15) is 9.59 Å². The molecule has 0 aliphatic rings. The fraction of sp³-hybridized carbons (Fsp3) is 0.167. The lowest BCUT2D eigenvalue weighted by atomic mass is 10.0. The molecule has 0 aromatic heterocycles. The van der Waals surface area contributed by atoms with Gasteiger partial charge in [-0.3, -0.25) is 9.59 Å². The summed E-state index contributed by atoms with van der Waals surface area (Å²) >= 11 is 12.3. The number of hydrogen-bond acceptors (Lipinski definition) is 3. The van der Waals surface area contributed by atoms with Gasteiger partial charge in [-0.25, -0.2) is 0 Å². The van der Waals surface area contributed by atoms with E-state index >= 15 is 0 Å². The quantitative estimate of drug-likeness (QED) is 0.460. The van der Waals surface area contributed by atoms with Crippen molar-refractivity contribution in [1.29, 1.82) is 0 Å². The van der Waals surface area contributed by atoms with E-state index in [-0.39, 0.29) is 11.7 Å². The maximum atomic E-state index is 12.9. The second kappa shape index (κ2) is 9.33. The first-order valence-electron chi connectivity index (χ1n) is 9.40. The molecule has 0 aliphatic carbocycles. The van der Waals surface area contributed by atoms with E-state index in [2.05, 4.69) is 5.32 Å². The predicted molar refractivity (Wildman–Crippen MR) is 121 cm³/mol. The Morgan fingerprint density at radius 3 is 2.20 bits per heavy atom. The molecular formula is C24H21Cl2NO3. The Labute approximate surface area is 185 Å². The topological polar surface area (TPSA) is 55.4 Å². The number of aryl methyl sites for hydroxylation is 2. The van der Waals surface area contributed by atoms with Crippen molar-refractivity contribution in [3.8, 4) is 5.75 Å². The molecule has 0 saturated heterocycles. The van der Waals surface area contributed by atoms with Gasteiger partial charge in [0.25, 0.3) is 5.91 Å². The molecule has 6 heteroatoms. The highest BCUT2D eigenvalue weighted by molar-refractivity contribution is 6.32. The minimum absolute atomic E-state index is 0.231. The third-order valence-electron chi connectivity index (χ3n) is 4.61. The minimum Gasteiger partial charge on any atom is -0.481 e. The van der Waals surface area contributed by atoms with Crippen molar-refractivity contribution in [3.05, 3.63) is 93.0 Å². The smallest absolute Gasteiger partial charge is 0.265 e. The summed E-state index contributed by atoms with van der Waals surface area (Å²) in [4.78, 5) is 25.7. The van der Waals surface area contributed by atoms with Crippen LogP contribution in [-0.2, 0) is 4.79 Å². The fourth-order valence-corrected chi connectivity index (χ4v) is 3.31. The van der Waals surface area contributed by atoms with Crippen LogP contribution in [-0.4, -0.2) is 17.8 Å². The summed E-state index contributed by atoms with van der Waals surface area (Å²) in [6.45, 7) is 5.40. The molecular weight excluding hydrogens is 421 g/mol. The number of hydrogen-bond donors (Lipinski definition) is 1. The largest absolute Gasteiger partial charge is 0.481 e. The van der Waals surface area contributed by atoms with Crippen molar-refractivity contribution in [2.45, 2.75) is 26.9 Å². The zero-order valence-electron chi connectivity index (χ0n) is 16.8. The van der Waals surface area contributed by atoms with Gasteiger partial charge in [0.2, 0.25) is 0 Å². The molecule has 3 aromatic rings. The van der Waals surface area contributed by atoms with Gasteiger partial charge in [-0.15, -0.1) is 0 Å². The molecule has 1 unspecified atom stereocenters. The Balaban J connectivity index is 1.80. The van der Waals surface area contributed by atoms with Gasteiger partial charge in [0.05, 0.1) is 5.69 Å². The molecule has 0 heterocycles. The van der Waals surface area contributed by atoms with Crippen LogP contribution >= 0.6 is 23.2 Å². The van der Waals surface area contributed by atoms with E-state index < -0.39 is 6.10 Å². The van der Waals surface area contributed by atoms with Crippen LogP contribution in [0.5, 0.6) is 5.75 Å². The zero-order chi connectivity index (χ0) is 21.8. The van der Waals surface area contributed by atoms with Crippen molar-refractivity contribution in [3.63, 3.8) is 0 Å². The van der Waals surface area contributed by atoms with Gasteiger partial charge >= 0.3 is 0 Å². The first kappa shape index (κ1) is 21.9. The number of halogens is 2. The molecule has 3 rings (SSSR count). The first-order chi connectivity index (χ1) is 14.3. The summed E-state index contributed by atoms with van der Waals surface area (Å²) in [6, 6.07) is 17.2. The Kier molecular flexibility index (Phi) is 6.80. The number of rotatable bonds is 6. The molecule has 0 fully saturated rings. The highest BCUT2D eigenvalue weighted by atomic mass is 35.5. The van der Waals surface area contributed by atoms with Gasteiger partial charge < -0.3 is 10.1 Å². The van der Waals surface area contributed by atoms with Crippen molar-refractivity contribution < 1.29 is 14.3 Å². The van der Waals surface area contributed by atoms with Crippen LogP contribution in [0.25, 0.3) is 0 Å². The van der Waals surface area contributed by atoms with Crippen LogP contribution in [0, 0.1) is 13.8 Å². The van der Waals surface area contributed by atoms with Gasteiger partial charge in [0, 0.05) is 21.2 Å². The summed E-state index contributed by atoms with van der Waals surface area (Å²) in [6.07, 6.45) is -0.791. The number of benzene rings is 3. The van der Waals surface area contributed by atoms with Gasteiger partial charge in [0.15, 0.2) is 11.9 Å². The highest BCUT2D eigenvalue weighted by Gasteiger charge is 2.20. The summed E-state index contributed by atoms with van der Waals surface area (Å²) in [5, 5.41) is 3.86. The number of ether oxygens (including phenoxy) is 1. The molecule has 154 valence electrons. The van der Waals surface area contributed by atoms with Gasteiger partial charge in [-0.05, 0) is 62.2 Å². The molecule has 3 aromatic carbocycles. The van der Waals surface area contributed by atoms with Gasteiger partial charge in [-0.2, -0.15) is 0 Å². The minimum atomic E-state index is -0.791. The van der Waals surface area contributed by atoms with Crippen molar-refractivity contribution in [2.75, 3.05) is 5.32 Å². The second-order valence-electron chi connectivity index (χ2n) is 7.01. The Hall–Kier alpha value is -2.82. The number of anilines is 1. The normalized spacial score (nSPS) is 11.6. The average Bonchev–Trinajstić information content (AvgIpc) is 2.73. The van der Waals surface area contributed by atoms with Crippen LogP contribution in [0.2, 0.25) is 10.0 Å². The van der Waals surface area contributed by atoms with E-state index in [1.807, 2.05) is 19.9 Å². The Morgan fingerprint density at radius 1 is 0.933 bits per heavy atom. The highest BCUT2D eigenvalue weighted by Crippen LogP contribution is 2.27. The van der Waals surface area contributed by atoms with Crippen molar-refractivity contribution >= 4 is 40.6 Å². The molecule has 1 N–H and O–H groups in total. The summed E-state index contributed by atoms with van der Waals surface area (Å²) in [7, 11) is 0. The van der Waals surface area contributed by atoms with Crippen molar-refractivity contribution in [2.24, 2.45) is 0 Å². The van der Waals surface area contributed by atoms with E-state index in [1.54, 1.807) is 61.5 Å². The lowest BCUT2D eigenvalue weighted by Crippen LogP contribution is -2.30. The number of amides is 1. The van der Waals surface area contributed by atoms with E-state index in [0.717, 1.165) is 11.1 Å². The van der Waals surface area contributed by atoms with Crippen LogP contribution in [0.1, 0.15) is 34.0 Å². The van der Waals surface area contributed by atoms with E-state index in [0.29, 0.717) is 32.6 Å². The van der Waals surface area contributed by atoms with Crippen LogP contribution < -0.4 is 10.1 Å². The summed E-state index contributed by atoms with van der Waals surface area (Å²) in [5.74, 6) is -0.0654. The molecule has 0 bridgehead atoms. The van der Waals surface area contributed by atoms with Crippen LogP contribution in [0.3, 0.4) is 0 Å². The molecule has 1 amide bonds. The molecule has 0 saturated carbocycles. The Bertz CT molecular complexity index is 1070. The molecule has 0 aliphatic heterocycles. The maximum Gasteiger partial charge on any atom is 0.265 e. The van der Waals surface area contributed by atoms with Crippen LogP contribution in [0.15, 0.2) is 60.7 Å². The zero-order valence-corrected chi connectivity index (χ0v) is 18.3. The number of nitrogens with one attached hydrogen (secondary N) is 1. The first-order valence-corrected chi connectivity index (χ1v) is 10.2. The maximum absolute atomic E-state index is 12.9. The van der Waals surface area contributed by atoms with E-state index in [4.69, 9.17) is 27.9 Å². The SMILES string of the molecule is Cc1cc(OC(C)C(=O)Nc2ccc(Cl)cc2C(=O)c2ccccc2)cc(C)c1Cl. The molecule has 0 radical (unpaired) electrons. The van der Waals surface area contributed by atoms with Crippen LogP contribution in [0.4, 0.5) is 5.69 Å². The second-order valence-corrected chi connectivity index (χ2v) is 7.82. The van der Waals surface area contributed by atoms with Gasteiger partial charge in [0.1, 0.15) is 5.75 Å². The molecule has 30 heavy (non-hydrogen) atoms. The third-order valence-corrected chi connectivity index (χ3v) is 5.44. The molecule has 4 nitrogen and oxygen atoms in total. The third kappa shape index (κ3) is 5.02. The average molecular weight is 442 g/mol. The predicted octanol–water partition coefficient (Wildman–Crippen LogP) is 6.25. The molecule has 0 spiro atoms. The lowest BCUT2D eigenvalue weighted by molar-refractivity contribution is -0.122. The fourth-order valence-electron chi connectivity index (χ4n) is 3.02.